The lowest BCUT2D eigenvalue weighted by Gasteiger charge is -2.44. The number of halogens is 2. The van der Waals surface area contributed by atoms with Crippen molar-refractivity contribution in [3.63, 3.8) is 0 Å². The molecule has 3 saturated carbocycles. The molecule has 0 aromatic rings. The van der Waals surface area contributed by atoms with Crippen molar-refractivity contribution in [1.29, 1.82) is 0 Å². The third-order valence-electron chi connectivity index (χ3n) is 7.77. The second-order valence-electron chi connectivity index (χ2n) is 9.01. The lowest BCUT2D eigenvalue weighted by molar-refractivity contribution is -0.0566. The van der Waals surface area contributed by atoms with Crippen molar-refractivity contribution in [1.82, 2.24) is 0 Å². The van der Waals surface area contributed by atoms with Crippen molar-refractivity contribution in [2.75, 3.05) is 7.11 Å². The predicted molar refractivity (Wildman–Crippen MR) is 116 cm³/mol. The average molecular weight is 397 g/mol. The van der Waals surface area contributed by atoms with Gasteiger partial charge >= 0.3 is 0 Å². The van der Waals surface area contributed by atoms with Crippen LogP contribution in [0.4, 0.5) is 9.09 Å². The van der Waals surface area contributed by atoms with Crippen molar-refractivity contribution < 1.29 is 22.2 Å². The van der Waals surface area contributed by atoms with Crippen LogP contribution in [0.25, 0.3) is 0 Å². The van der Waals surface area contributed by atoms with Gasteiger partial charge in [-0.2, -0.15) is 0 Å². The molecule has 3 aliphatic rings. The molecule has 0 aliphatic heterocycles. The average Bonchev–Trinajstić information content (AvgIpc) is 2.66. The predicted octanol–water partition coefficient (Wildman–Crippen LogP) is 6.86. The summed E-state index contributed by atoms with van der Waals surface area (Å²) in [5.74, 6) is 4.50. The fourth-order valence-corrected chi connectivity index (χ4v) is 6.07. The second kappa shape index (κ2) is 13.1. The maximum Gasteiger partial charge on any atom is 0.129 e. The van der Waals surface area contributed by atoms with Gasteiger partial charge in [0.25, 0.3) is 0 Å². The first-order valence-corrected chi connectivity index (χ1v) is 11.3. The summed E-state index contributed by atoms with van der Waals surface area (Å²) in [4.78, 5) is 0. The molecular formula is C23H50F2O2. The fourth-order valence-electron chi connectivity index (χ4n) is 6.07. The van der Waals surface area contributed by atoms with Gasteiger partial charge in [0.2, 0.25) is 0 Å². The van der Waals surface area contributed by atoms with Gasteiger partial charge in [-0.25, -0.2) is 4.39 Å². The highest BCUT2D eigenvalue weighted by atomic mass is 19.1. The topological polar surface area (TPSA) is 40.7 Å². The van der Waals surface area contributed by atoms with E-state index in [9.17, 15) is 4.39 Å². The minimum absolute atomic E-state index is 0. The molecule has 2 nitrogen and oxygen atoms in total. The van der Waals surface area contributed by atoms with Gasteiger partial charge < -0.3 is 10.2 Å². The number of hydrogen-bond acceptors (Lipinski definition) is 1. The third kappa shape index (κ3) is 6.66. The monoisotopic (exact) mass is 396 g/mol. The lowest BCUT2D eigenvalue weighted by Crippen LogP contribution is -2.42. The Bertz CT molecular complexity index is 374. The first-order chi connectivity index (χ1) is 12.1. The van der Waals surface area contributed by atoms with Crippen molar-refractivity contribution >= 4 is 0 Å². The molecule has 168 valence electrons. The van der Waals surface area contributed by atoms with E-state index in [0.29, 0.717) is 5.92 Å². The molecule has 0 spiro atoms. The Kier molecular flexibility index (Phi) is 13.0. The highest BCUT2D eigenvalue weighted by molar-refractivity contribution is 4.91. The van der Waals surface area contributed by atoms with Crippen LogP contribution >= 0.6 is 0 Å². The van der Waals surface area contributed by atoms with E-state index in [4.69, 9.17) is 4.74 Å². The highest BCUT2D eigenvalue weighted by Crippen LogP contribution is 2.47. The first-order valence-electron chi connectivity index (χ1n) is 11.3. The van der Waals surface area contributed by atoms with Crippen LogP contribution in [-0.2, 0) is 4.74 Å². The van der Waals surface area contributed by atoms with Gasteiger partial charge in [0.1, 0.15) is 6.17 Å². The number of methoxy groups -OCH3 is 1. The van der Waals surface area contributed by atoms with E-state index in [0.717, 1.165) is 30.1 Å². The van der Waals surface area contributed by atoms with Crippen molar-refractivity contribution in [3.8, 4) is 0 Å². The summed E-state index contributed by atoms with van der Waals surface area (Å²) in [5.41, 5.74) is 0. The Morgan fingerprint density at radius 2 is 1.19 bits per heavy atom. The van der Waals surface area contributed by atoms with Gasteiger partial charge in [-0.05, 0) is 86.9 Å². The van der Waals surface area contributed by atoms with Crippen LogP contribution in [0.1, 0.15) is 94.8 Å². The van der Waals surface area contributed by atoms with E-state index in [2.05, 4.69) is 13.8 Å². The minimum atomic E-state index is -0.753. The molecule has 0 amide bonds. The smallest absolute Gasteiger partial charge is 0.129 e. The summed E-state index contributed by atoms with van der Waals surface area (Å²) in [6.45, 7) is 8.55. The summed E-state index contributed by atoms with van der Waals surface area (Å²) in [6.07, 6.45) is 12.6. The summed E-state index contributed by atoms with van der Waals surface area (Å²) in [5, 5.41) is 0. The normalized spacial score (nSPS) is 42.0. The number of alkyl halides is 1. The van der Waals surface area contributed by atoms with E-state index in [1.165, 1.54) is 57.8 Å². The van der Waals surface area contributed by atoms with Crippen LogP contribution < -0.4 is 0 Å². The highest BCUT2D eigenvalue weighted by Gasteiger charge is 2.42. The molecule has 0 radical (unpaired) electrons. The van der Waals surface area contributed by atoms with Crippen LogP contribution in [-0.4, -0.2) is 24.9 Å². The van der Waals surface area contributed by atoms with Crippen LogP contribution in [0.3, 0.4) is 0 Å². The van der Waals surface area contributed by atoms with Crippen molar-refractivity contribution in [2.45, 2.75) is 104 Å². The van der Waals surface area contributed by atoms with Gasteiger partial charge in [-0.15, -0.1) is 0 Å². The molecule has 3 fully saturated rings. The zero-order valence-corrected chi connectivity index (χ0v) is 18.4. The van der Waals surface area contributed by atoms with Gasteiger partial charge in [0, 0.05) is 9.96 Å². The Morgan fingerprint density at radius 1 is 0.741 bits per heavy atom. The van der Waals surface area contributed by atoms with Gasteiger partial charge in [-0.3, -0.25) is 4.70 Å². The molecule has 0 bridgehead atoms. The maximum absolute atomic E-state index is 14.5. The van der Waals surface area contributed by atoms with Gasteiger partial charge in [0.15, 0.2) is 0 Å². The summed E-state index contributed by atoms with van der Waals surface area (Å²) in [6, 6.07) is 0. The summed E-state index contributed by atoms with van der Waals surface area (Å²) in [7, 11) is 1.67. The summed E-state index contributed by atoms with van der Waals surface area (Å²) < 4.78 is 19.9. The Morgan fingerprint density at radius 3 is 1.67 bits per heavy atom. The molecule has 4 heteroatoms. The largest absolute Gasteiger partial charge is 0.412 e. The molecule has 2 N–H and O–H groups in total. The lowest BCUT2D eigenvalue weighted by atomic mass is 9.63. The molecule has 0 aromatic carbocycles. The standard InChI is InChI=1S/C21H37FO.C2H6.FH.H2O.2H2/c1-14-4-6-16(7-5-14)17-8-10-18(11-9-17)19-12-13-20(23-3)21(22)15(19)2;1-2;;;;/h14-21H,4-13H2,1-3H3;1-2H3;1H;1H2;2*1H. The molecule has 0 aromatic heterocycles. The van der Waals surface area contributed by atoms with Crippen LogP contribution in [0.2, 0.25) is 0 Å². The van der Waals surface area contributed by atoms with Gasteiger partial charge in [0.05, 0.1) is 6.10 Å². The zero-order chi connectivity index (χ0) is 18.4. The van der Waals surface area contributed by atoms with Gasteiger partial charge in [-0.1, -0.05) is 40.5 Å². The van der Waals surface area contributed by atoms with Crippen molar-refractivity contribution in [3.05, 3.63) is 0 Å². The van der Waals surface area contributed by atoms with E-state index >= 15 is 0 Å². The summed E-state index contributed by atoms with van der Waals surface area (Å²) >= 11 is 0. The maximum atomic E-state index is 14.5. The second-order valence-corrected chi connectivity index (χ2v) is 9.01. The quantitative estimate of drug-likeness (QED) is 0.513. The van der Waals surface area contributed by atoms with E-state index < -0.39 is 6.17 Å². The molecular weight excluding hydrogens is 346 g/mol. The third-order valence-corrected chi connectivity index (χ3v) is 7.77. The number of ether oxygens (including phenoxy) is 1. The molecule has 0 saturated heterocycles. The zero-order valence-electron chi connectivity index (χ0n) is 18.4. The number of rotatable bonds is 3. The molecule has 4 unspecified atom stereocenters. The molecule has 4 atom stereocenters. The molecule has 3 aliphatic carbocycles. The fraction of sp³-hybridized carbons (Fsp3) is 1.00. The molecule has 27 heavy (non-hydrogen) atoms. The number of hydrogen-bond donors (Lipinski definition) is 0. The van der Waals surface area contributed by atoms with E-state index in [-0.39, 0.29) is 25.1 Å². The Balaban J connectivity index is -0.00000109. The van der Waals surface area contributed by atoms with Crippen molar-refractivity contribution in [2.24, 2.45) is 35.5 Å². The molecule has 3 rings (SSSR count). The SMILES string of the molecule is CC.COC1CCC(C2CCC(C3CCC(C)CC3)CC2)C(C)C1F.F.O.[HH].[HH]. The molecule has 0 heterocycles. The van der Waals surface area contributed by atoms with Crippen LogP contribution in [0, 0.1) is 35.5 Å². The Hall–Kier alpha value is -0.220. The van der Waals surface area contributed by atoms with Crippen LogP contribution in [0.15, 0.2) is 0 Å². The Labute approximate surface area is 169 Å². The van der Waals surface area contributed by atoms with E-state index in [1.54, 1.807) is 7.11 Å². The van der Waals surface area contributed by atoms with E-state index in [1.807, 2.05) is 13.8 Å². The van der Waals surface area contributed by atoms with Crippen LogP contribution in [0.5, 0.6) is 0 Å². The minimum Gasteiger partial charge on any atom is -0.412 e. The first kappa shape index (κ1) is 26.8.